The highest BCUT2D eigenvalue weighted by molar-refractivity contribution is 5.87. The van der Waals surface area contributed by atoms with Crippen LogP contribution in [0.1, 0.15) is 38.5 Å². The quantitative estimate of drug-likeness (QED) is 0.738. The lowest BCUT2D eigenvalue weighted by Crippen LogP contribution is -2.43. The van der Waals surface area contributed by atoms with Crippen LogP contribution in [0.25, 0.3) is 11.1 Å². The van der Waals surface area contributed by atoms with Gasteiger partial charge in [-0.2, -0.15) is 0 Å². The highest BCUT2D eigenvalue weighted by Gasteiger charge is 2.28. The van der Waals surface area contributed by atoms with Crippen molar-refractivity contribution in [1.29, 1.82) is 0 Å². The molecule has 30 heavy (non-hydrogen) atoms. The van der Waals surface area contributed by atoms with Crippen LogP contribution in [0.15, 0.2) is 36.7 Å². The lowest BCUT2D eigenvalue weighted by atomic mass is 10.0. The van der Waals surface area contributed by atoms with Crippen molar-refractivity contribution in [3.63, 3.8) is 0 Å². The standard InChI is InChI=1S/C23H30N4O3/c1-26(23(28)29-2)19-9-7-17(8-10-19)18-15-24-22(25-16-18)30-21-11-13-27(14-12-21)20-5-3-4-6-20/h7-10,15-16,20-21H,3-6,11-14H2,1-2H3. The number of aromatic nitrogens is 2. The molecule has 0 N–H and O–H groups in total. The molecule has 1 saturated carbocycles. The van der Waals surface area contributed by atoms with Crippen molar-refractivity contribution in [2.75, 3.05) is 32.1 Å². The summed E-state index contributed by atoms with van der Waals surface area (Å²) in [6.07, 6.45) is 10.9. The summed E-state index contributed by atoms with van der Waals surface area (Å²) in [5, 5.41) is 0. The number of carbonyl (C=O) groups excluding carboxylic acids is 1. The van der Waals surface area contributed by atoms with Crippen LogP contribution in [-0.4, -0.2) is 60.4 Å². The number of hydrogen-bond acceptors (Lipinski definition) is 6. The smallest absolute Gasteiger partial charge is 0.413 e. The maximum absolute atomic E-state index is 11.6. The largest absolute Gasteiger partial charge is 0.460 e. The van der Waals surface area contributed by atoms with Crippen LogP contribution in [0.2, 0.25) is 0 Å². The molecule has 2 fully saturated rings. The summed E-state index contributed by atoms with van der Waals surface area (Å²) in [6.45, 7) is 2.22. The van der Waals surface area contributed by atoms with Crippen LogP contribution in [0.3, 0.4) is 0 Å². The molecular weight excluding hydrogens is 380 g/mol. The minimum atomic E-state index is -0.401. The predicted molar refractivity (Wildman–Crippen MR) is 116 cm³/mol. The summed E-state index contributed by atoms with van der Waals surface area (Å²) < 4.78 is 10.8. The molecule has 2 aliphatic rings. The fourth-order valence-electron chi connectivity index (χ4n) is 4.42. The van der Waals surface area contributed by atoms with E-state index in [1.807, 2.05) is 24.3 Å². The number of rotatable bonds is 5. The van der Waals surface area contributed by atoms with Gasteiger partial charge < -0.3 is 14.4 Å². The molecule has 7 nitrogen and oxygen atoms in total. The second-order valence-electron chi connectivity index (χ2n) is 8.12. The molecule has 0 unspecified atom stereocenters. The normalized spacial score (nSPS) is 18.3. The molecule has 0 atom stereocenters. The Bertz CT molecular complexity index is 827. The van der Waals surface area contributed by atoms with E-state index in [9.17, 15) is 4.79 Å². The third-order valence-electron chi connectivity index (χ3n) is 6.25. The number of benzene rings is 1. The first-order chi connectivity index (χ1) is 14.6. The third kappa shape index (κ3) is 4.73. The zero-order valence-corrected chi connectivity index (χ0v) is 17.8. The first-order valence-corrected chi connectivity index (χ1v) is 10.8. The summed E-state index contributed by atoms with van der Waals surface area (Å²) in [5.41, 5.74) is 2.65. The first kappa shape index (κ1) is 20.6. The van der Waals surface area contributed by atoms with Crippen LogP contribution in [0.5, 0.6) is 6.01 Å². The number of methoxy groups -OCH3 is 1. The highest BCUT2D eigenvalue weighted by atomic mass is 16.5. The van der Waals surface area contributed by atoms with E-state index < -0.39 is 6.09 Å². The fraction of sp³-hybridized carbons (Fsp3) is 0.522. The molecule has 0 spiro atoms. The Balaban J connectivity index is 1.31. The van der Waals surface area contributed by atoms with Gasteiger partial charge in [-0.25, -0.2) is 14.8 Å². The third-order valence-corrected chi connectivity index (χ3v) is 6.25. The Labute approximate surface area is 178 Å². The minimum absolute atomic E-state index is 0.196. The van der Waals surface area contributed by atoms with Crippen molar-refractivity contribution in [2.24, 2.45) is 0 Å². The molecule has 1 saturated heterocycles. The van der Waals surface area contributed by atoms with E-state index in [-0.39, 0.29) is 6.10 Å². The number of likely N-dealkylation sites (tertiary alicyclic amines) is 1. The number of amides is 1. The molecular formula is C23H30N4O3. The van der Waals surface area contributed by atoms with Gasteiger partial charge in [-0.05, 0) is 43.4 Å². The Hall–Kier alpha value is -2.67. The number of anilines is 1. The predicted octanol–water partition coefficient (Wildman–Crippen LogP) is 4.13. The van der Waals surface area contributed by atoms with E-state index in [1.54, 1.807) is 19.4 Å². The molecule has 4 rings (SSSR count). The van der Waals surface area contributed by atoms with Crippen molar-refractivity contribution < 1.29 is 14.3 Å². The Morgan fingerprint density at radius 1 is 1.00 bits per heavy atom. The maximum Gasteiger partial charge on any atom is 0.413 e. The van der Waals surface area contributed by atoms with Crippen molar-refractivity contribution in [1.82, 2.24) is 14.9 Å². The second-order valence-corrected chi connectivity index (χ2v) is 8.12. The molecule has 2 heterocycles. The van der Waals surface area contributed by atoms with Crippen LogP contribution in [0, 0.1) is 0 Å². The first-order valence-electron chi connectivity index (χ1n) is 10.8. The average molecular weight is 411 g/mol. The van der Waals surface area contributed by atoms with Gasteiger partial charge in [0.05, 0.1) is 7.11 Å². The number of piperidine rings is 1. The Kier molecular flexibility index (Phi) is 6.47. The summed E-state index contributed by atoms with van der Waals surface area (Å²) in [7, 11) is 3.04. The van der Waals surface area contributed by atoms with E-state index in [1.165, 1.54) is 37.7 Å². The van der Waals surface area contributed by atoms with Gasteiger partial charge in [-0.15, -0.1) is 0 Å². The lowest BCUT2D eigenvalue weighted by molar-refractivity contribution is 0.0710. The van der Waals surface area contributed by atoms with Gasteiger partial charge in [0.2, 0.25) is 0 Å². The van der Waals surface area contributed by atoms with Crippen molar-refractivity contribution in [3.8, 4) is 17.1 Å². The van der Waals surface area contributed by atoms with Crippen LogP contribution in [-0.2, 0) is 4.74 Å². The molecule has 7 heteroatoms. The molecule has 2 aromatic rings. The number of carbonyl (C=O) groups is 1. The van der Waals surface area contributed by atoms with Crippen LogP contribution in [0.4, 0.5) is 10.5 Å². The van der Waals surface area contributed by atoms with Crippen LogP contribution < -0.4 is 9.64 Å². The summed E-state index contributed by atoms with van der Waals surface area (Å²) in [6, 6.07) is 8.85. The van der Waals surface area contributed by atoms with Gasteiger partial charge in [0.1, 0.15) is 6.10 Å². The summed E-state index contributed by atoms with van der Waals surface area (Å²) >= 11 is 0. The molecule has 1 aliphatic heterocycles. The number of hydrogen-bond donors (Lipinski definition) is 0. The highest BCUT2D eigenvalue weighted by Crippen LogP contribution is 2.27. The molecule has 0 bridgehead atoms. The Morgan fingerprint density at radius 2 is 1.63 bits per heavy atom. The van der Waals surface area contributed by atoms with Gasteiger partial charge >= 0.3 is 12.1 Å². The molecule has 1 aliphatic carbocycles. The van der Waals surface area contributed by atoms with Crippen molar-refractivity contribution in [2.45, 2.75) is 50.7 Å². The summed E-state index contributed by atoms with van der Waals surface area (Å²) in [5.74, 6) is 0. The van der Waals surface area contributed by atoms with E-state index in [0.29, 0.717) is 6.01 Å². The zero-order valence-electron chi connectivity index (χ0n) is 17.8. The monoisotopic (exact) mass is 410 g/mol. The number of ether oxygens (including phenoxy) is 2. The van der Waals surface area contributed by atoms with E-state index in [2.05, 4.69) is 14.9 Å². The minimum Gasteiger partial charge on any atom is -0.460 e. The molecule has 0 radical (unpaired) electrons. The molecule has 160 valence electrons. The van der Waals surface area contributed by atoms with Gasteiger partial charge in [0.15, 0.2) is 0 Å². The van der Waals surface area contributed by atoms with E-state index in [0.717, 1.165) is 48.8 Å². The van der Waals surface area contributed by atoms with Gasteiger partial charge in [-0.3, -0.25) is 4.90 Å². The van der Waals surface area contributed by atoms with Crippen LogP contribution >= 0.6 is 0 Å². The number of nitrogens with zero attached hydrogens (tertiary/aromatic N) is 4. The van der Waals surface area contributed by atoms with Crippen molar-refractivity contribution >= 4 is 11.8 Å². The SMILES string of the molecule is COC(=O)N(C)c1ccc(-c2cnc(OC3CCN(C4CCCC4)CC3)nc2)cc1. The lowest BCUT2D eigenvalue weighted by Gasteiger charge is -2.35. The molecule has 1 aromatic heterocycles. The topological polar surface area (TPSA) is 67.8 Å². The van der Waals surface area contributed by atoms with Gasteiger partial charge in [0, 0.05) is 49.8 Å². The summed E-state index contributed by atoms with van der Waals surface area (Å²) in [4.78, 5) is 24.5. The molecule has 1 amide bonds. The van der Waals surface area contributed by atoms with Crippen molar-refractivity contribution in [3.05, 3.63) is 36.7 Å². The second kappa shape index (κ2) is 9.43. The Morgan fingerprint density at radius 3 is 2.23 bits per heavy atom. The van der Waals surface area contributed by atoms with E-state index in [4.69, 9.17) is 9.47 Å². The van der Waals surface area contributed by atoms with E-state index >= 15 is 0 Å². The average Bonchev–Trinajstić information content (AvgIpc) is 3.34. The van der Waals surface area contributed by atoms with Gasteiger partial charge in [0.25, 0.3) is 0 Å². The molecule has 1 aromatic carbocycles. The maximum atomic E-state index is 11.6. The zero-order chi connectivity index (χ0) is 20.9. The fourth-order valence-corrected chi connectivity index (χ4v) is 4.42. The van der Waals surface area contributed by atoms with Gasteiger partial charge in [-0.1, -0.05) is 25.0 Å².